The zero-order chi connectivity index (χ0) is 21.3. The average Bonchev–Trinajstić information content (AvgIpc) is 3.30. The van der Waals surface area contributed by atoms with Gasteiger partial charge in [-0.25, -0.2) is 15.0 Å². The van der Waals surface area contributed by atoms with Crippen molar-refractivity contribution >= 4 is 22.9 Å². The van der Waals surface area contributed by atoms with Crippen molar-refractivity contribution < 1.29 is 19.7 Å². The highest BCUT2D eigenvalue weighted by Gasteiger charge is 2.45. The van der Waals surface area contributed by atoms with Crippen molar-refractivity contribution in [1.29, 1.82) is 0 Å². The lowest BCUT2D eigenvalue weighted by Crippen LogP contribution is -2.46. The number of aliphatic hydroxyl groups is 2. The van der Waals surface area contributed by atoms with Gasteiger partial charge in [-0.05, 0) is 18.9 Å². The Morgan fingerprint density at radius 3 is 2.77 bits per heavy atom. The van der Waals surface area contributed by atoms with Gasteiger partial charge in [0, 0.05) is 6.42 Å². The quantitative estimate of drug-likeness (QED) is 0.445. The van der Waals surface area contributed by atoms with Crippen LogP contribution in [0.3, 0.4) is 0 Å². The highest BCUT2D eigenvalue weighted by atomic mass is 16.5. The summed E-state index contributed by atoms with van der Waals surface area (Å²) in [6.45, 7) is 1.62. The molecule has 158 valence electrons. The third-order valence-electron chi connectivity index (χ3n) is 5.30. The summed E-state index contributed by atoms with van der Waals surface area (Å²) in [5.41, 5.74) is 8.86. The Morgan fingerprint density at radius 1 is 1.27 bits per heavy atom. The number of aliphatic hydroxyl groups excluding tert-OH is 2. The number of ether oxygens (including phenoxy) is 1. The molecule has 10 nitrogen and oxygen atoms in total. The number of nitrogens with zero attached hydrogens (tertiary/aromatic N) is 4. The number of imidazole rings is 1. The van der Waals surface area contributed by atoms with Crippen LogP contribution in [0.25, 0.3) is 11.2 Å². The van der Waals surface area contributed by atoms with E-state index in [1.165, 1.54) is 12.7 Å². The van der Waals surface area contributed by atoms with Crippen LogP contribution in [-0.2, 0) is 16.0 Å². The molecule has 1 saturated heterocycles. The molecule has 2 aromatic heterocycles. The molecule has 1 aliphatic rings. The van der Waals surface area contributed by atoms with Gasteiger partial charge in [0.1, 0.15) is 30.1 Å². The number of nitrogen functional groups attached to an aromatic ring is 1. The molecule has 10 heteroatoms. The molecule has 4 rings (SSSR count). The number of rotatable bonds is 6. The number of amides is 1. The number of fused-ring (bicyclic) bond motifs is 1. The maximum Gasteiger partial charge on any atom is 0.220 e. The molecule has 0 spiro atoms. The summed E-state index contributed by atoms with van der Waals surface area (Å²) in [6.07, 6.45) is 0.844. The van der Waals surface area contributed by atoms with Gasteiger partial charge in [0.15, 0.2) is 17.7 Å². The summed E-state index contributed by atoms with van der Waals surface area (Å²) < 4.78 is 7.39. The van der Waals surface area contributed by atoms with E-state index in [-0.39, 0.29) is 18.1 Å². The third kappa shape index (κ3) is 3.84. The first-order chi connectivity index (χ1) is 14.5. The minimum atomic E-state index is -1.10. The number of nitrogens with two attached hydrogens (primary N) is 1. The van der Waals surface area contributed by atoms with Crippen molar-refractivity contribution in [2.75, 3.05) is 12.3 Å². The number of aromatic nitrogens is 4. The molecule has 5 N–H and O–H groups in total. The zero-order valence-corrected chi connectivity index (χ0v) is 16.5. The van der Waals surface area contributed by atoms with Crippen LogP contribution in [0.15, 0.2) is 36.9 Å². The van der Waals surface area contributed by atoms with E-state index in [9.17, 15) is 15.0 Å². The Balaban J connectivity index is 1.52. The fraction of sp³-hybridized carbons (Fsp3) is 0.400. The fourth-order valence-electron chi connectivity index (χ4n) is 3.62. The van der Waals surface area contributed by atoms with Crippen molar-refractivity contribution in [3.05, 3.63) is 48.0 Å². The van der Waals surface area contributed by atoms with Crippen molar-refractivity contribution in [3.8, 4) is 0 Å². The molecule has 0 unspecified atom stereocenters. The first kappa shape index (κ1) is 20.2. The van der Waals surface area contributed by atoms with Crippen molar-refractivity contribution in [3.63, 3.8) is 0 Å². The van der Waals surface area contributed by atoms with Crippen molar-refractivity contribution in [1.82, 2.24) is 24.8 Å². The van der Waals surface area contributed by atoms with Gasteiger partial charge in [0.2, 0.25) is 5.91 Å². The second-order valence-corrected chi connectivity index (χ2v) is 7.40. The molecule has 1 fully saturated rings. The van der Waals surface area contributed by atoms with Crippen LogP contribution in [0.4, 0.5) is 5.82 Å². The van der Waals surface area contributed by atoms with E-state index in [2.05, 4.69) is 20.3 Å². The van der Waals surface area contributed by atoms with Gasteiger partial charge in [-0.3, -0.25) is 9.36 Å². The lowest BCUT2D eigenvalue weighted by Gasteiger charge is -2.23. The van der Waals surface area contributed by atoms with Gasteiger partial charge in [-0.1, -0.05) is 29.8 Å². The number of nitrogens with one attached hydrogen (secondary N) is 1. The van der Waals surface area contributed by atoms with Crippen LogP contribution in [-0.4, -0.2) is 60.5 Å². The Morgan fingerprint density at radius 2 is 2.03 bits per heavy atom. The van der Waals surface area contributed by atoms with E-state index in [0.29, 0.717) is 17.6 Å². The molecule has 1 amide bonds. The number of hydrogen-bond acceptors (Lipinski definition) is 8. The van der Waals surface area contributed by atoms with Crippen LogP contribution in [0.2, 0.25) is 0 Å². The minimum Gasteiger partial charge on any atom is -0.394 e. The molecule has 0 saturated carbocycles. The van der Waals surface area contributed by atoms with Gasteiger partial charge < -0.3 is 26.0 Å². The molecule has 0 bridgehead atoms. The average molecular weight is 412 g/mol. The Labute approximate surface area is 172 Å². The van der Waals surface area contributed by atoms with Crippen LogP contribution >= 0.6 is 0 Å². The molecular weight excluding hydrogens is 388 g/mol. The first-order valence-electron chi connectivity index (χ1n) is 9.70. The number of carbonyl (C=O) groups excluding carboxylic acids is 1. The predicted molar refractivity (Wildman–Crippen MR) is 108 cm³/mol. The summed E-state index contributed by atoms with van der Waals surface area (Å²) in [6, 6.07) is 7.19. The normalized spacial score (nSPS) is 23.7. The highest BCUT2D eigenvalue weighted by Crippen LogP contribution is 2.32. The SMILES string of the molecule is Cc1ccc(CCC(=O)N[C@@H]2[C@H](O)[C@@H](CO)O[C@H]2n2cnc3c(N)ncnc32)cc1. The monoisotopic (exact) mass is 412 g/mol. The topological polar surface area (TPSA) is 148 Å². The number of benzene rings is 1. The van der Waals surface area contributed by atoms with E-state index >= 15 is 0 Å². The predicted octanol–water partition coefficient (Wildman–Crippen LogP) is 0.0851. The van der Waals surface area contributed by atoms with E-state index in [4.69, 9.17) is 10.5 Å². The Bertz CT molecular complexity index is 1040. The molecule has 0 radical (unpaired) electrons. The second-order valence-electron chi connectivity index (χ2n) is 7.40. The van der Waals surface area contributed by atoms with E-state index in [1.54, 1.807) is 4.57 Å². The molecular formula is C20H24N6O4. The van der Waals surface area contributed by atoms with E-state index < -0.39 is 31.1 Å². The van der Waals surface area contributed by atoms with E-state index in [1.807, 2.05) is 31.2 Å². The Hall–Kier alpha value is -3.08. The molecule has 30 heavy (non-hydrogen) atoms. The first-order valence-corrected chi connectivity index (χ1v) is 9.70. The Kier molecular flexibility index (Phi) is 5.62. The maximum absolute atomic E-state index is 12.6. The smallest absolute Gasteiger partial charge is 0.220 e. The number of carbonyl (C=O) groups is 1. The molecule has 0 aliphatic carbocycles. The summed E-state index contributed by atoms with van der Waals surface area (Å²) in [5.74, 6) is -0.0138. The van der Waals surface area contributed by atoms with Gasteiger partial charge in [0.25, 0.3) is 0 Å². The van der Waals surface area contributed by atoms with Gasteiger partial charge in [0.05, 0.1) is 12.9 Å². The fourth-order valence-corrected chi connectivity index (χ4v) is 3.62. The van der Waals surface area contributed by atoms with Crippen LogP contribution in [0.5, 0.6) is 0 Å². The summed E-state index contributed by atoms with van der Waals surface area (Å²) in [5, 5.41) is 23.0. The van der Waals surface area contributed by atoms with E-state index in [0.717, 1.165) is 11.1 Å². The third-order valence-corrected chi connectivity index (χ3v) is 5.30. The lowest BCUT2D eigenvalue weighted by molar-refractivity contribution is -0.123. The van der Waals surface area contributed by atoms with Gasteiger partial charge in [-0.2, -0.15) is 0 Å². The largest absolute Gasteiger partial charge is 0.394 e. The van der Waals surface area contributed by atoms with Gasteiger partial charge >= 0.3 is 0 Å². The maximum atomic E-state index is 12.6. The van der Waals surface area contributed by atoms with Crippen molar-refractivity contribution in [2.45, 2.75) is 44.2 Å². The molecule has 4 atom stereocenters. The lowest BCUT2D eigenvalue weighted by atomic mass is 10.1. The van der Waals surface area contributed by atoms with Crippen LogP contribution < -0.4 is 11.1 Å². The zero-order valence-electron chi connectivity index (χ0n) is 16.5. The van der Waals surface area contributed by atoms with Crippen LogP contribution in [0, 0.1) is 6.92 Å². The number of hydrogen-bond donors (Lipinski definition) is 4. The number of anilines is 1. The van der Waals surface area contributed by atoms with Gasteiger partial charge in [-0.15, -0.1) is 0 Å². The van der Waals surface area contributed by atoms with Crippen molar-refractivity contribution in [2.24, 2.45) is 0 Å². The molecule has 3 aromatic rings. The number of aryl methyl sites for hydroxylation is 2. The minimum absolute atomic E-state index is 0.217. The summed E-state index contributed by atoms with van der Waals surface area (Å²) in [4.78, 5) is 24.9. The highest BCUT2D eigenvalue weighted by molar-refractivity contribution is 5.81. The second kappa shape index (κ2) is 8.34. The van der Waals surface area contributed by atoms with Crippen LogP contribution in [0.1, 0.15) is 23.8 Å². The molecule has 3 heterocycles. The molecule has 1 aliphatic heterocycles. The summed E-state index contributed by atoms with van der Waals surface area (Å²) in [7, 11) is 0. The summed E-state index contributed by atoms with van der Waals surface area (Å²) >= 11 is 0. The molecule has 1 aromatic carbocycles. The standard InChI is InChI=1S/C20H24N6O4/c1-11-2-4-12(5-3-11)6-7-14(28)25-15-17(29)13(8-27)30-20(15)26-10-24-16-18(21)22-9-23-19(16)26/h2-5,9-10,13,15,17,20,27,29H,6-8H2,1H3,(H,25,28)(H2,21,22,23)/t13-,15-,17-,20-/m1/s1.